The highest BCUT2D eigenvalue weighted by Gasteiger charge is 2.22. The van der Waals surface area contributed by atoms with Gasteiger partial charge in [0.1, 0.15) is 11.5 Å². The third-order valence-corrected chi connectivity index (χ3v) is 4.69. The highest BCUT2D eigenvalue weighted by molar-refractivity contribution is 6.32. The average Bonchev–Trinajstić information content (AvgIpc) is 2.56. The van der Waals surface area contributed by atoms with E-state index in [4.69, 9.17) is 21.1 Å². The van der Waals surface area contributed by atoms with Crippen LogP contribution in [0.4, 0.5) is 5.69 Å². The van der Waals surface area contributed by atoms with Gasteiger partial charge in [0.2, 0.25) is 5.91 Å². The maximum absolute atomic E-state index is 12.4. The van der Waals surface area contributed by atoms with E-state index in [1.54, 1.807) is 19.2 Å². The minimum Gasteiger partial charge on any atom is -0.495 e. The van der Waals surface area contributed by atoms with Crippen LogP contribution in [0.15, 0.2) is 12.1 Å². The minimum atomic E-state index is -0.0225. The number of rotatable bonds is 6. The maximum Gasteiger partial charge on any atom is 0.224 e. The first-order valence-corrected chi connectivity index (χ1v) is 8.35. The SMILES string of the molecule is COc1cc(NC(=O)CC(C)C2CCCNC2)c(OC)cc1Cl. The predicted molar refractivity (Wildman–Crippen MR) is 92.6 cm³/mol. The predicted octanol–water partition coefficient (Wildman–Crippen LogP) is 3.32. The van der Waals surface area contributed by atoms with Crippen molar-refractivity contribution in [3.05, 3.63) is 17.2 Å². The first-order chi connectivity index (χ1) is 11.0. The first-order valence-electron chi connectivity index (χ1n) is 7.97. The molecule has 6 heteroatoms. The van der Waals surface area contributed by atoms with Crippen molar-refractivity contribution in [3.8, 4) is 11.5 Å². The Bertz CT molecular complexity index is 545. The number of piperidine rings is 1. The minimum absolute atomic E-state index is 0.0225. The molecule has 0 aliphatic carbocycles. The molecule has 1 aliphatic heterocycles. The number of ether oxygens (including phenoxy) is 2. The summed E-state index contributed by atoms with van der Waals surface area (Å²) in [5, 5.41) is 6.75. The van der Waals surface area contributed by atoms with Crippen LogP contribution in [-0.2, 0) is 4.79 Å². The number of anilines is 1. The summed E-state index contributed by atoms with van der Waals surface area (Å²) in [5.41, 5.74) is 0.577. The fraction of sp³-hybridized carbons (Fsp3) is 0.588. The van der Waals surface area contributed by atoms with E-state index in [9.17, 15) is 4.79 Å². The summed E-state index contributed by atoms with van der Waals surface area (Å²) >= 11 is 6.08. The number of carbonyl (C=O) groups is 1. The highest BCUT2D eigenvalue weighted by Crippen LogP contribution is 2.36. The fourth-order valence-electron chi connectivity index (χ4n) is 2.98. The summed E-state index contributed by atoms with van der Waals surface area (Å²) in [6, 6.07) is 3.33. The Morgan fingerprint density at radius 3 is 2.74 bits per heavy atom. The number of hydrogen-bond acceptors (Lipinski definition) is 4. The van der Waals surface area contributed by atoms with Crippen LogP contribution < -0.4 is 20.1 Å². The molecule has 1 aromatic rings. The summed E-state index contributed by atoms with van der Waals surface area (Å²) in [5.74, 6) is 1.90. The van der Waals surface area contributed by atoms with Crippen LogP contribution in [0.5, 0.6) is 11.5 Å². The molecule has 0 spiro atoms. The van der Waals surface area contributed by atoms with Crippen molar-refractivity contribution in [2.45, 2.75) is 26.2 Å². The van der Waals surface area contributed by atoms with E-state index in [1.807, 2.05) is 0 Å². The van der Waals surface area contributed by atoms with Gasteiger partial charge >= 0.3 is 0 Å². The molecule has 1 saturated heterocycles. The topological polar surface area (TPSA) is 59.6 Å². The summed E-state index contributed by atoms with van der Waals surface area (Å²) in [6.45, 7) is 4.21. The van der Waals surface area contributed by atoms with Gasteiger partial charge in [-0.25, -0.2) is 0 Å². The molecule has 2 unspecified atom stereocenters. The molecule has 1 heterocycles. The number of hydrogen-bond donors (Lipinski definition) is 2. The van der Waals surface area contributed by atoms with Crippen LogP contribution >= 0.6 is 11.6 Å². The zero-order valence-electron chi connectivity index (χ0n) is 13.9. The van der Waals surface area contributed by atoms with E-state index in [2.05, 4.69) is 17.6 Å². The van der Waals surface area contributed by atoms with Gasteiger partial charge in [0.15, 0.2) is 0 Å². The molecule has 0 bridgehead atoms. The second-order valence-corrected chi connectivity index (χ2v) is 6.43. The lowest BCUT2D eigenvalue weighted by molar-refractivity contribution is -0.117. The van der Waals surface area contributed by atoms with Gasteiger partial charge in [0.25, 0.3) is 0 Å². The van der Waals surface area contributed by atoms with Gasteiger partial charge in [-0.15, -0.1) is 0 Å². The molecular formula is C17H25ClN2O3. The smallest absolute Gasteiger partial charge is 0.224 e. The second-order valence-electron chi connectivity index (χ2n) is 6.02. The van der Waals surface area contributed by atoms with Crippen molar-refractivity contribution in [3.63, 3.8) is 0 Å². The molecule has 1 fully saturated rings. The van der Waals surface area contributed by atoms with Gasteiger partial charge < -0.3 is 20.1 Å². The number of methoxy groups -OCH3 is 2. The summed E-state index contributed by atoms with van der Waals surface area (Å²) in [7, 11) is 3.08. The Balaban J connectivity index is 2.01. The van der Waals surface area contributed by atoms with Crippen LogP contribution in [0.2, 0.25) is 5.02 Å². The number of carbonyl (C=O) groups excluding carboxylic acids is 1. The van der Waals surface area contributed by atoms with Crippen molar-refractivity contribution >= 4 is 23.2 Å². The number of benzene rings is 1. The van der Waals surface area contributed by atoms with E-state index in [0.717, 1.165) is 13.1 Å². The molecule has 2 N–H and O–H groups in total. The Kier molecular flexibility index (Phi) is 6.54. The Labute approximate surface area is 142 Å². The Hall–Kier alpha value is -1.46. The lowest BCUT2D eigenvalue weighted by Crippen LogP contribution is -2.34. The third-order valence-electron chi connectivity index (χ3n) is 4.40. The third kappa shape index (κ3) is 4.75. The molecule has 1 aliphatic rings. The molecule has 128 valence electrons. The van der Waals surface area contributed by atoms with Crippen molar-refractivity contribution in [1.82, 2.24) is 5.32 Å². The van der Waals surface area contributed by atoms with E-state index in [-0.39, 0.29) is 5.91 Å². The van der Waals surface area contributed by atoms with E-state index >= 15 is 0 Å². The van der Waals surface area contributed by atoms with Crippen molar-refractivity contribution < 1.29 is 14.3 Å². The zero-order chi connectivity index (χ0) is 16.8. The van der Waals surface area contributed by atoms with Gasteiger partial charge in [-0.2, -0.15) is 0 Å². The van der Waals surface area contributed by atoms with Gasteiger partial charge in [-0.1, -0.05) is 18.5 Å². The number of nitrogens with one attached hydrogen (secondary N) is 2. The molecule has 0 saturated carbocycles. The lowest BCUT2D eigenvalue weighted by atomic mass is 9.85. The molecule has 0 aromatic heterocycles. The quantitative estimate of drug-likeness (QED) is 0.834. The van der Waals surface area contributed by atoms with E-state index < -0.39 is 0 Å². The fourth-order valence-corrected chi connectivity index (χ4v) is 3.21. The monoisotopic (exact) mass is 340 g/mol. The second kappa shape index (κ2) is 8.41. The average molecular weight is 341 g/mol. The molecular weight excluding hydrogens is 316 g/mol. The van der Waals surface area contributed by atoms with E-state index in [0.29, 0.717) is 40.5 Å². The first kappa shape index (κ1) is 17.9. The van der Waals surface area contributed by atoms with Crippen LogP contribution in [0, 0.1) is 11.8 Å². The van der Waals surface area contributed by atoms with Crippen LogP contribution in [0.3, 0.4) is 0 Å². The van der Waals surface area contributed by atoms with Crippen molar-refractivity contribution in [1.29, 1.82) is 0 Å². The Morgan fingerprint density at radius 2 is 2.13 bits per heavy atom. The van der Waals surface area contributed by atoms with Gasteiger partial charge in [-0.05, 0) is 37.8 Å². The van der Waals surface area contributed by atoms with Crippen LogP contribution in [-0.4, -0.2) is 33.2 Å². The van der Waals surface area contributed by atoms with Crippen LogP contribution in [0.1, 0.15) is 26.2 Å². The molecule has 2 atom stereocenters. The summed E-state index contributed by atoms with van der Waals surface area (Å²) < 4.78 is 10.5. The van der Waals surface area contributed by atoms with Crippen LogP contribution in [0.25, 0.3) is 0 Å². The van der Waals surface area contributed by atoms with Gasteiger partial charge in [-0.3, -0.25) is 4.79 Å². The summed E-state index contributed by atoms with van der Waals surface area (Å²) in [6.07, 6.45) is 2.85. The van der Waals surface area contributed by atoms with Gasteiger partial charge in [0, 0.05) is 18.6 Å². The lowest BCUT2D eigenvalue weighted by Gasteiger charge is -2.28. The normalized spacial score (nSPS) is 19.0. The number of amides is 1. The molecule has 5 nitrogen and oxygen atoms in total. The van der Waals surface area contributed by atoms with E-state index in [1.165, 1.54) is 20.0 Å². The standard InChI is InChI=1S/C17H25ClN2O3/c1-11(12-5-4-6-19-10-12)7-17(21)20-14-9-15(22-2)13(18)8-16(14)23-3/h8-9,11-12,19H,4-7,10H2,1-3H3,(H,20,21). The molecule has 0 radical (unpaired) electrons. The van der Waals surface area contributed by atoms with Crippen molar-refractivity contribution in [2.24, 2.45) is 11.8 Å². The molecule has 1 amide bonds. The molecule has 1 aromatic carbocycles. The largest absolute Gasteiger partial charge is 0.495 e. The van der Waals surface area contributed by atoms with Crippen molar-refractivity contribution in [2.75, 3.05) is 32.6 Å². The van der Waals surface area contributed by atoms with Gasteiger partial charge in [0.05, 0.1) is 24.9 Å². The number of halogens is 1. The summed E-state index contributed by atoms with van der Waals surface area (Å²) in [4.78, 5) is 12.4. The molecule has 23 heavy (non-hydrogen) atoms. The maximum atomic E-state index is 12.4. The Morgan fingerprint density at radius 1 is 1.39 bits per heavy atom. The highest BCUT2D eigenvalue weighted by atomic mass is 35.5. The zero-order valence-corrected chi connectivity index (χ0v) is 14.7. The molecule has 2 rings (SSSR count).